The van der Waals surface area contributed by atoms with Crippen LogP contribution in [0.25, 0.3) is 22.9 Å². The molecular weight excluding hydrogens is 352 g/mol. The molecule has 0 radical (unpaired) electrons. The number of rotatable bonds is 5. The second-order valence-corrected chi connectivity index (χ2v) is 6.32. The highest BCUT2D eigenvalue weighted by atomic mass is 16.5. The van der Waals surface area contributed by atoms with Crippen LogP contribution >= 0.6 is 0 Å². The van der Waals surface area contributed by atoms with Crippen LogP contribution in [0.2, 0.25) is 0 Å². The van der Waals surface area contributed by atoms with E-state index in [0.717, 1.165) is 11.1 Å². The van der Waals surface area contributed by atoms with Crippen LogP contribution in [-0.4, -0.2) is 16.2 Å². The first-order chi connectivity index (χ1) is 13.7. The highest BCUT2D eigenvalue weighted by Crippen LogP contribution is 2.25. The van der Waals surface area contributed by atoms with Crippen LogP contribution in [-0.2, 0) is 4.74 Å². The third kappa shape index (κ3) is 3.83. The molecule has 28 heavy (non-hydrogen) atoms. The van der Waals surface area contributed by atoms with Crippen molar-refractivity contribution in [1.82, 2.24) is 10.2 Å². The van der Waals surface area contributed by atoms with Crippen molar-refractivity contribution in [3.63, 3.8) is 0 Å². The average molecular weight is 370 g/mol. The van der Waals surface area contributed by atoms with Crippen molar-refractivity contribution in [1.29, 1.82) is 0 Å². The molecule has 4 aromatic rings. The summed E-state index contributed by atoms with van der Waals surface area (Å²) in [6.45, 7) is 1.85. The van der Waals surface area contributed by atoms with E-state index in [0.29, 0.717) is 22.9 Å². The van der Waals surface area contributed by atoms with E-state index in [4.69, 9.17) is 9.15 Å². The van der Waals surface area contributed by atoms with E-state index in [-0.39, 0.29) is 6.10 Å². The van der Waals surface area contributed by atoms with Crippen molar-refractivity contribution in [2.45, 2.75) is 13.0 Å². The van der Waals surface area contributed by atoms with Crippen LogP contribution in [0.1, 0.15) is 28.9 Å². The fraction of sp³-hybridized carbons (Fsp3) is 0.0870. The maximum Gasteiger partial charge on any atom is 0.338 e. The van der Waals surface area contributed by atoms with Gasteiger partial charge < -0.3 is 9.15 Å². The molecule has 0 bridgehead atoms. The van der Waals surface area contributed by atoms with Crippen molar-refractivity contribution < 1.29 is 13.9 Å². The van der Waals surface area contributed by atoms with Crippen molar-refractivity contribution >= 4 is 5.97 Å². The summed E-state index contributed by atoms with van der Waals surface area (Å²) in [4.78, 5) is 12.5. The minimum atomic E-state index is -0.402. The maximum absolute atomic E-state index is 12.5. The minimum Gasteiger partial charge on any atom is -0.454 e. The van der Waals surface area contributed by atoms with Gasteiger partial charge in [0.2, 0.25) is 11.8 Å². The van der Waals surface area contributed by atoms with Crippen LogP contribution in [0.4, 0.5) is 0 Å². The molecule has 1 heterocycles. The van der Waals surface area contributed by atoms with Crippen LogP contribution in [0.3, 0.4) is 0 Å². The van der Waals surface area contributed by atoms with Gasteiger partial charge in [-0.15, -0.1) is 10.2 Å². The molecule has 1 atom stereocenters. The van der Waals surface area contributed by atoms with E-state index < -0.39 is 5.97 Å². The van der Waals surface area contributed by atoms with Crippen molar-refractivity contribution in [3.8, 4) is 22.9 Å². The summed E-state index contributed by atoms with van der Waals surface area (Å²) in [5.74, 6) is 0.381. The normalized spacial score (nSPS) is 11.8. The van der Waals surface area contributed by atoms with Gasteiger partial charge in [0.15, 0.2) is 0 Å². The zero-order chi connectivity index (χ0) is 19.3. The van der Waals surface area contributed by atoms with Gasteiger partial charge in [-0.25, -0.2) is 4.79 Å². The minimum absolute atomic E-state index is 0.342. The quantitative estimate of drug-likeness (QED) is 0.445. The number of nitrogens with zero attached hydrogens (tertiary/aromatic N) is 2. The van der Waals surface area contributed by atoms with Crippen LogP contribution in [0.15, 0.2) is 89.3 Å². The van der Waals surface area contributed by atoms with Crippen molar-refractivity contribution in [2.24, 2.45) is 0 Å². The Morgan fingerprint density at radius 2 is 1.43 bits per heavy atom. The molecule has 0 fully saturated rings. The third-order valence-electron chi connectivity index (χ3n) is 4.34. The summed E-state index contributed by atoms with van der Waals surface area (Å²) in [6, 6.07) is 26.1. The number of hydrogen-bond acceptors (Lipinski definition) is 5. The Balaban J connectivity index is 1.53. The first kappa shape index (κ1) is 17.7. The third-order valence-corrected chi connectivity index (χ3v) is 4.34. The lowest BCUT2D eigenvalue weighted by Crippen LogP contribution is -2.09. The number of aromatic nitrogens is 2. The lowest BCUT2D eigenvalue weighted by molar-refractivity contribution is 0.0338. The maximum atomic E-state index is 12.5. The summed E-state index contributed by atoms with van der Waals surface area (Å²) in [5.41, 5.74) is 2.88. The van der Waals surface area contributed by atoms with E-state index in [9.17, 15) is 4.79 Å². The number of ether oxygens (including phenoxy) is 1. The second-order valence-electron chi connectivity index (χ2n) is 6.32. The molecule has 3 aromatic carbocycles. The van der Waals surface area contributed by atoms with Gasteiger partial charge in [-0.1, -0.05) is 54.6 Å². The first-order valence-electron chi connectivity index (χ1n) is 8.96. The van der Waals surface area contributed by atoms with E-state index in [1.54, 1.807) is 18.2 Å². The van der Waals surface area contributed by atoms with Gasteiger partial charge in [0.1, 0.15) is 6.10 Å². The number of carbonyl (C=O) groups excluding carboxylic acids is 1. The number of esters is 1. The van der Waals surface area contributed by atoms with Crippen molar-refractivity contribution in [2.75, 3.05) is 0 Å². The number of hydrogen-bond donors (Lipinski definition) is 0. The highest BCUT2D eigenvalue weighted by molar-refractivity contribution is 5.90. The van der Waals surface area contributed by atoms with Gasteiger partial charge >= 0.3 is 5.97 Å². The van der Waals surface area contributed by atoms with E-state index in [1.807, 2.05) is 73.7 Å². The summed E-state index contributed by atoms with van der Waals surface area (Å²) < 4.78 is 11.3. The molecule has 0 aliphatic heterocycles. The molecule has 0 amide bonds. The predicted molar refractivity (Wildman–Crippen MR) is 105 cm³/mol. The molecule has 138 valence electrons. The average Bonchev–Trinajstić information content (AvgIpc) is 3.25. The molecule has 5 heteroatoms. The van der Waals surface area contributed by atoms with Gasteiger partial charge in [-0.05, 0) is 42.8 Å². The lowest BCUT2D eigenvalue weighted by atomic mass is 10.1. The Bertz CT molecular complexity index is 1080. The van der Waals surface area contributed by atoms with E-state index in [2.05, 4.69) is 10.2 Å². The predicted octanol–water partition coefficient (Wildman–Crippen LogP) is 5.32. The fourth-order valence-electron chi connectivity index (χ4n) is 2.84. The topological polar surface area (TPSA) is 65.2 Å². The van der Waals surface area contributed by atoms with Gasteiger partial charge in [-0.2, -0.15) is 0 Å². The SMILES string of the molecule is C[C@H](OC(=O)c1cccc(-c2nnc(-c3ccccc3)o2)c1)c1ccccc1. The molecule has 0 saturated carbocycles. The molecule has 1 aromatic heterocycles. The molecule has 0 spiro atoms. The molecule has 4 rings (SSSR count). The molecular formula is C23H18N2O3. The molecule has 0 aliphatic carbocycles. The van der Waals surface area contributed by atoms with Crippen LogP contribution < -0.4 is 0 Å². The van der Waals surface area contributed by atoms with Crippen LogP contribution in [0.5, 0.6) is 0 Å². The largest absolute Gasteiger partial charge is 0.454 e. The standard InChI is InChI=1S/C23H18N2O3/c1-16(17-9-4-2-5-10-17)27-23(26)20-14-8-13-19(15-20)22-25-24-21(28-22)18-11-6-3-7-12-18/h2-16H,1H3/t16-/m0/s1. The molecule has 0 N–H and O–H groups in total. The smallest absolute Gasteiger partial charge is 0.338 e. The zero-order valence-electron chi connectivity index (χ0n) is 15.3. The molecule has 0 saturated heterocycles. The van der Waals surface area contributed by atoms with Gasteiger partial charge in [0.05, 0.1) is 5.56 Å². The van der Waals surface area contributed by atoms with Gasteiger partial charge in [0.25, 0.3) is 0 Å². The summed E-state index contributed by atoms with van der Waals surface area (Å²) in [5, 5.41) is 8.20. The molecule has 0 aliphatic rings. The van der Waals surface area contributed by atoms with Crippen LogP contribution in [0, 0.1) is 0 Å². The highest BCUT2D eigenvalue weighted by Gasteiger charge is 2.16. The Kier molecular flexibility index (Phi) is 4.97. The van der Waals surface area contributed by atoms with Crippen molar-refractivity contribution in [3.05, 3.63) is 96.1 Å². The monoisotopic (exact) mass is 370 g/mol. The number of carbonyl (C=O) groups is 1. The molecule has 0 unspecified atom stereocenters. The Hall–Kier alpha value is -3.73. The Labute approximate surface area is 162 Å². The van der Waals surface area contributed by atoms with E-state index in [1.165, 1.54) is 0 Å². The Morgan fingerprint density at radius 1 is 0.821 bits per heavy atom. The summed E-state index contributed by atoms with van der Waals surface area (Å²) >= 11 is 0. The Morgan fingerprint density at radius 3 is 2.14 bits per heavy atom. The lowest BCUT2D eigenvalue weighted by Gasteiger charge is -2.13. The zero-order valence-corrected chi connectivity index (χ0v) is 15.3. The van der Waals surface area contributed by atoms with Gasteiger partial charge in [0, 0.05) is 11.1 Å². The number of benzene rings is 3. The first-order valence-corrected chi connectivity index (χ1v) is 8.96. The summed E-state index contributed by atoms with van der Waals surface area (Å²) in [7, 11) is 0. The molecule has 5 nitrogen and oxygen atoms in total. The second kappa shape index (κ2) is 7.88. The van der Waals surface area contributed by atoms with E-state index >= 15 is 0 Å². The fourth-order valence-corrected chi connectivity index (χ4v) is 2.84. The summed E-state index contributed by atoms with van der Waals surface area (Å²) in [6.07, 6.45) is -0.342. The van der Waals surface area contributed by atoms with Gasteiger partial charge in [-0.3, -0.25) is 0 Å².